The molecule has 0 radical (unpaired) electrons. The molecule has 1 aromatic rings. The van der Waals surface area contributed by atoms with Crippen LogP contribution < -0.4 is 11.1 Å². The van der Waals surface area contributed by atoms with Gasteiger partial charge in [-0.2, -0.15) is 0 Å². The minimum atomic E-state index is -0.301. The second-order valence-electron chi connectivity index (χ2n) is 5.65. The number of amides is 2. The van der Waals surface area contributed by atoms with Crippen molar-refractivity contribution in [3.05, 3.63) is 34.9 Å². The van der Waals surface area contributed by atoms with Crippen molar-refractivity contribution in [3.8, 4) is 0 Å². The van der Waals surface area contributed by atoms with Crippen LogP contribution in [0.25, 0.3) is 0 Å². The summed E-state index contributed by atoms with van der Waals surface area (Å²) < 4.78 is 0. The largest absolute Gasteiger partial charge is 0.346 e. The zero-order valence-corrected chi connectivity index (χ0v) is 13.9. The van der Waals surface area contributed by atoms with Gasteiger partial charge < -0.3 is 16.0 Å². The van der Waals surface area contributed by atoms with E-state index in [0.717, 1.165) is 18.4 Å². The van der Waals surface area contributed by atoms with Crippen molar-refractivity contribution >= 4 is 24.2 Å². The number of benzene rings is 1. The molecule has 122 valence electrons. The molecule has 0 heterocycles. The molecule has 0 bridgehead atoms. The summed E-state index contributed by atoms with van der Waals surface area (Å²) in [5, 5.41) is 2.55. The third-order valence-electron chi connectivity index (χ3n) is 3.85. The summed E-state index contributed by atoms with van der Waals surface area (Å²) in [4.78, 5) is 25.3. The molecule has 0 spiro atoms. The van der Waals surface area contributed by atoms with E-state index < -0.39 is 0 Å². The highest BCUT2D eigenvalue weighted by Crippen LogP contribution is 2.28. The first-order chi connectivity index (χ1) is 10.0. The summed E-state index contributed by atoms with van der Waals surface area (Å²) in [7, 11) is 0. The van der Waals surface area contributed by atoms with Crippen LogP contribution in [-0.2, 0) is 16.1 Å². The van der Waals surface area contributed by atoms with E-state index in [1.165, 1.54) is 11.1 Å². The van der Waals surface area contributed by atoms with Gasteiger partial charge in [0.05, 0.1) is 13.1 Å². The van der Waals surface area contributed by atoms with Gasteiger partial charge in [0.15, 0.2) is 0 Å². The lowest BCUT2D eigenvalue weighted by atomic mass is 10.1. The van der Waals surface area contributed by atoms with Crippen LogP contribution in [0, 0.1) is 13.8 Å². The maximum atomic E-state index is 12.3. The minimum absolute atomic E-state index is 0. The molecule has 1 fully saturated rings. The second-order valence-corrected chi connectivity index (χ2v) is 5.65. The van der Waals surface area contributed by atoms with E-state index in [0.29, 0.717) is 12.6 Å². The SMILES string of the molecule is Cc1ccc(CN(C(=O)CNC(=O)CN)C2CC2)cc1C.Cl. The summed E-state index contributed by atoms with van der Waals surface area (Å²) in [6.45, 7) is 4.68. The number of nitrogens with zero attached hydrogens (tertiary/aromatic N) is 1. The van der Waals surface area contributed by atoms with Crippen LogP contribution in [0.15, 0.2) is 18.2 Å². The van der Waals surface area contributed by atoms with Crippen LogP contribution in [0.4, 0.5) is 0 Å². The number of halogens is 1. The van der Waals surface area contributed by atoms with Gasteiger partial charge in [-0.25, -0.2) is 0 Å². The Kier molecular flexibility index (Phi) is 6.84. The Morgan fingerprint density at radius 1 is 1.27 bits per heavy atom. The molecule has 2 rings (SSSR count). The fraction of sp³-hybridized carbons (Fsp3) is 0.500. The van der Waals surface area contributed by atoms with Gasteiger partial charge >= 0.3 is 0 Å². The lowest BCUT2D eigenvalue weighted by Gasteiger charge is -2.23. The van der Waals surface area contributed by atoms with E-state index in [1.807, 2.05) is 4.90 Å². The lowest BCUT2D eigenvalue weighted by molar-refractivity contribution is -0.133. The summed E-state index contributed by atoms with van der Waals surface area (Å²) in [6, 6.07) is 6.57. The quantitative estimate of drug-likeness (QED) is 0.827. The number of carbonyl (C=O) groups is 2. The van der Waals surface area contributed by atoms with Crippen molar-refractivity contribution in [2.45, 2.75) is 39.3 Å². The van der Waals surface area contributed by atoms with Crippen molar-refractivity contribution in [1.29, 1.82) is 0 Å². The highest BCUT2D eigenvalue weighted by atomic mass is 35.5. The van der Waals surface area contributed by atoms with Gasteiger partial charge in [-0.15, -0.1) is 12.4 Å². The molecule has 0 atom stereocenters. The highest BCUT2D eigenvalue weighted by Gasteiger charge is 2.32. The fourth-order valence-electron chi connectivity index (χ4n) is 2.25. The number of hydrogen-bond donors (Lipinski definition) is 2. The molecule has 0 aliphatic heterocycles. The van der Waals surface area contributed by atoms with Gasteiger partial charge in [0.2, 0.25) is 11.8 Å². The van der Waals surface area contributed by atoms with Crippen molar-refractivity contribution in [3.63, 3.8) is 0 Å². The molecule has 1 aliphatic carbocycles. The minimum Gasteiger partial charge on any atom is -0.346 e. The number of carbonyl (C=O) groups excluding carboxylic acids is 2. The van der Waals surface area contributed by atoms with Crippen LogP contribution in [0.1, 0.15) is 29.5 Å². The Morgan fingerprint density at radius 2 is 1.95 bits per heavy atom. The Morgan fingerprint density at radius 3 is 2.50 bits per heavy atom. The van der Waals surface area contributed by atoms with Crippen LogP contribution in [-0.4, -0.2) is 35.8 Å². The topological polar surface area (TPSA) is 75.4 Å². The summed E-state index contributed by atoms with van der Waals surface area (Å²) >= 11 is 0. The molecular weight excluding hydrogens is 302 g/mol. The van der Waals surface area contributed by atoms with E-state index in [-0.39, 0.29) is 37.3 Å². The zero-order valence-electron chi connectivity index (χ0n) is 13.1. The third-order valence-corrected chi connectivity index (χ3v) is 3.85. The first-order valence-corrected chi connectivity index (χ1v) is 7.33. The monoisotopic (exact) mass is 325 g/mol. The van der Waals surface area contributed by atoms with Crippen molar-refractivity contribution < 1.29 is 9.59 Å². The molecule has 6 heteroatoms. The molecule has 0 unspecified atom stereocenters. The number of nitrogens with one attached hydrogen (secondary N) is 1. The van der Waals surface area contributed by atoms with E-state index in [9.17, 15) is 9.59 Å². The molecular formula is C16H24ClN3O2. The number of hydrogen-bond acceptors (Lipinski definition) is 3. The number of rotatable bonds is 6. The molecule has 2 amide bonds. The zero-order chi connectivity index (χ0) is 15.4. The highest BCUT2D eigenvalue weighted by molar-refractivity contribution is 5.86. The predicted octanol–water partition coefficient (Wildman–Crippen LogP) is 1.29. The van der Waals surface area contributed by atoms with Crippen molar-refractivity contribution in [1.82, 2.24) is 10.2 Å². The Labute approximate surface area is 137 Å². The Hall–Kier alpha value is -1.59. The first-order valence-electron chi connectivity index (χ1n) is 7.33. The van der Waals surface area contributed by atoms with Crippen molar-refractivity contribution in [2.24, 2.45) is 5.73 Å². The van der Waals surface area contributed by atoms with E-state index in [2.05, 4.69) is 37.4 Å². The molecule has 0 saturated heterocycles. The average Bonchev–Trinajstić information content (AvgIpc) is 3.30. The molecule has 1 aliphatic rings. The molecule has 0 aromatic heterocycles. The van der Waals surface area contributed by atoms with Crippen LogP contribution >= 0.6 is 12.4 Å². The molecule has 1 aromatic carbocycles. The van der Waals surface area contributed by atoms with Crippen LogP contribution in [0.5, 0.6) is 0 Å². The second kappa shape index (κ2) is 8.15. The van der Waals surface area contributed by atoms with Gasteiger partial charge in [-0.05, 0) is 43.4 Å². The van der Waals surface area contributed by atoms with E-state index in [4.69, 9.17) is 5.73 Å². The maximum absolute atomic E-state index is 12.3. The van der Waals surface area contributed by atoms with Gasteiger partial charge in [-0.3, -0.25) is 9.59 Å². The first kappa shape index (κ1) is 18.5. The van der Waals surface area contributed by atoms with Gasteiger partial charge in [0.1, 0.15) is 0 Å². The Balaban J connectivity index is 0.00000242. The molecule has 22 heavy (non-hydrogen) atoms. The molecule has 1 saturated carbocycles. The van der Waals surface area contributed by atoms with Gasteiger partial charge in [0, 0.05) is 12.6 Å². The summed E-state index contributed by atoms with van der Waals surface area (Å²) in [5.74, 6) is -0.345. The molecule has 3 N–H and O–H groups in total. The van der Waals surface area contributed by atoms with Crippen molar-refractivity contribution in [2.75, 3.05) is 13.1 Å². The lowest BCUT2D eigenvalue weighted by Crippen LogP contribution is -2.42. The smallest absolute Gasteiger partial charge is 0.242 e. The number of nitrogens with two attached hydrogens (primary N) is 1. The number of aryl methyl sites for hydroxylation is 2. The van der Waals surface area contributed by atoms with Gasteiger partial charge in [0.25, 0.3) is 0 Å². The average molecular weight is 326 g/mol. The molecule has 5 nitrogen and oxygen atoms in total. The normalized spacial score (nSPS) is 13.2. The maximum Gasteiger partial charge on any atom is 0.242 e. The Bertz CT molecular complexity index is 544. The predicted molar refractivity (Wildman–Crippen MR) is 88.8 cm³/mol. The van der Waals surface area contributed by atoms with E-state index >= 15 is 0 Å². The van der Waals surface area contributed by atoms with Crippen LogP contribution in [0.2, 0.25) is 0 Å². The fourth-order valence-corrected chi connectivity index (χ4v) is 2.25. The summed E-state index contributed by atoms with van der Waals surface area (Å²) in [5.41, 5.74) is 8.83. The van der Waals surface area contributed by atoms with Gasteiger partial charge in [-0.1, -0.05) is 18.2 Å². The summed E-state index contributed by atoms with van der Waals surface area (Å²) in [6.07, 6.45) is 2.09. The van der Waals surface area contributed by atoms with E-state index in [1.54, 1.807) is 0 Å². The van der Waals surface area contributed by atoms with Crippen LogP contribution in [0.3, 0.4) is 0 Å². The third kappa shape index (κ3) is 5.00. The standard InChI is InChI=1S/C16H23N3O2.ClH/c1-11-3-4-13(7-12(11)2)10-19(14-5-6-14)16(21)9-18-15(20)8-17;/h3-4,7,14H,5-6,8-10,17H2,1-2H3,(H,18,20);1H.